The van der Waals surface area contributed by atoms with E-state index in [9.17, 15) is 9.59 Å². The number of nitrogens with one attached hydrogen (secondary N) is 1. The van der Waals surface area contributed by atoms with Crippen LogP contribution in [-0.4, -0.2) is 36.4 Å². The van der Waals surface area contributed by atoms with Crippen LogP contribution in [0.4, 0.5) is 5.69 Å². The minimum atomic E-state index is -0.617. The fourth-order valence-electron chi connectivity index (χ4n) is 4.28. The van der Waals surface area contributed by atoms with Crippen LogP contribution in [0.5, 0.6) is 17.2 Å². The molecule has 2 aliphatic rings. The SMILES string of the molecule is COc1ccc2nc(C)c(C(=O)OCC(=O)Nc3ccc4c(c3)OC3(CCCC3)O4)cc2c1. The van der Waals surface area contributed by atoms with Gasteiger partial charge < -0.3 is 24.3 Å². The van der Waals surface area contributed by atoms with E-state index in [1.807, 2.05) is 6.07 Å². The molecule has 0 radical (unpaired) electrons. The fraction of sp³-hybridized carbons (Fsp3) is 0.320. The highest BCUT2D eigenvalue weighted by Gasteiger charge is 2.44. The summed E-state index contributed by atoms with van der Waals surface area (Å²) in [7, 11) is 1.57. The van der Waals surface area contributed by atoms with Crippen LogP contribution in [0.2, 0.25) is 0 Å². The zero-order valence-electron chi connectivity index (χ0n) is 18.5. The van der Waals surface area contributed by atoms with Crippen molar-refractivity contribution in [3.8, 4) is 17.2 Å². The van der Waals surface area contributed by atoms with Crippen molar-refractivity contribution in [3.63, 3.8) is 0 Å². The Kier molecular flexibility index (Phi) is 5.28. The molecule has 1 aliphatic heterocycles. The molecule has 8 nitrogen and oxygen atoms in total. The van der Waals surface area contributed by atoms with Crippen LogP contribution >= 0.6 is 0 Å². The number of hydrogen-bond donors (Lipinski definition) is 1. The largest absolute Gasteiger partial charge is 0.497 e. The summed E-state index contributed by atoms with van der Waals surface area (Å²) in [6.07, 6.45) is 3.86. The number of carbonyl (C=O) groups is 2. The lowest BCUT2D eigenvalue weighted by Gasteiger charge is -2.21. The highest BCUT2D eigenvalue weighted by molar-refractivity contribution is 5.98. The Morgan fingerprint density at radius 1 is 1.06 bits per heavy atom. The Labute approximate surface area is 190 Å². The first-order chi connectivity index (χ1) is 15.9. The molecule has 0 atom stereocenters. The summed E-state index contributed by atoms with van der Waals surface area (Å²) in [6, 6.07) is 12.4. The van der Waals surface area contributed by atoms with Crippen LogP contribution in [0.1, 0.15) is 41.7 Å². The Hall–Kier alpha value is -3.81. The van der Waals surface area contributed by atoms with E-state index in [4.69, 9.17) is 18.9 Å². The second-order valence-corrected chi connectivity index (χ2v) is 8.29. The Bertz CT molecular complexity index is 1250. The summed E-state index contributed by atoms with van der Waals surface area (Å²) >= 11 is 0. The van der Waals surface area contributed by atoms with Crippen molar-refractivity contribution >= 4 is 28.5 Å². The first-order valence-corrected chi connectivity index (χ1v) is 10.9. The average molecular weight is 448 g/mol. The molecule has 8 heteroatoms. The van der Waals surface area contributed by atoms with Crippen LogP contribution in [0, 0.1) is 6.92 Å². The number of benzene rings is 2. The molecule has 2 aromatic carbocycles. The van der Waals surface area contributed by atoms with Gasteiger partial charge >= 0.3 is 5.97 Å². The summed E-state index contributed by atoms with van der Waals surface area (Å²) in [5.74, 6) is 0.322. The molecule has 1 N–H and O–H groups in total. The van der Waals surface area contributed by atoms with Gasteiger partial charge in [0.05, 0.1) is 23.9 Å². The number of hydrogen-bond acceptors (Lipinski definition) is 7. The van der Waals surface area contributed by atoms with Gasteiger partial charge in [-0.05, 0) is 56.2 Å². The van der Waals surface area contributed by atoms with Crippen LogP contribution in [0.25, 0.3) is 10.9 Å². The van der Waals surface area contributed by atoms with Gasteiger partial charge in [0.15, 0.2) is 18.1 Å². The van der Waals surface area contributed by atoms with Gasteiger partial charge in [0, 0.05) is 30.0 Å². The second kappa shape index (κ2) is 8.27. The van der Waals surface area contributed by atoms with E-state index in [1.54, 1.807) is 50.4 Å². The number of aryl methyl sites for hydroxylation is 1. The molecule has 0 saturated heterocycles. The van der Waals surface area contributed by atoms with Crippen molar-refractivity contribution in [2.45, 2.75) is 38.4 Å². The van der Waals surface area contributed by atoms with E-state index in [-0.39, 0.29) is 0 Å². The molecule has 0 unspecified atom stereocenters. The maximum Gasteiger partial charge on any atom is 0.340 e. The molecule has 0 bridgehead atoms. The van der Waals surface area contributed by atoms with Crippen molar-refractivity contribution in [3.05, 3.63) is 53.7 Å². The minimum absolute atomic E-state index is 0.300. The third kappa shape index (κ3) is 4.16. The molecule has 3 aromatic rings. The van der Waals surface area contributed by atoms with Crippen LogP contribution in [-0.2, 0) is 9.53 Å². The quantitative estimate of drug-likeness (QED) is 0.578. The number of fused-ring (bicyclic) bond motifs is 2. The predicted octanol–water partition coefficient (Wildman–Crippen LogP) is 4.39. The number of rotatable bonds is 5. The van der Waals surface area contributed by atoms with E-state index in [1.165, 1.54) is 0 Å². The van der Waals surface area contributed by atoms with Gasteiger partial charge in [0.2, 0.25) is 0 Å². The number of esters is 1. The maximum absolute atomic E-state index is 12.6. The minimum Gasteiger partial charge on any atom is -0.497 e. The molecule has 33 heavy (non-hydrogen) atoms. The van der Waals surface area contributed by atoms with Crippen molar-refractivity contribution < 1.29 is 28.5 Å². The van der Waals surface area contributed by atoms with Crippen molar-refractivity contribution in [2.75, 3.05) is 19.0 Å². The van der Waals surface area contributed by atoms with Gasteiger partial charge in [0.25, 0.3) is 11.7 Å². The summed E-state index contributed by atoms with van der Waals surface area (Å²) in [5, 5.41) is 3.48. The van der Waals surface area contributed by atoms with Gasteiger partial charge in [-0.15, -0.1) is 0 Å². The van der Waals surface area contributed by atoms with Gasteiger partial charge in [-0.25, -0.2) is 4.79 Å². The number of methoxy groups -OCH3 is 1. The number of nitrogens with zero attached hydrogens (tertiary/aromatic N) is 1. The number of ether oxygens (including phenoxy) is 4. The van der Waals surface area contributed by atoms with Gasteiger partial charge in [-0.3, -0.25) is 9.78 Å². The van der Waals surface area contributed by atoms with E-state index in [0.717, 1.165) is 36.6 Å². The van der Waals surface area contributed by atoms with Gasteiger partial charge in [0.1, 0.15) is 5.75 Å². The van der Waals surface area contributed by atoms with Crippen molar-refractivity contribution in [1.29, 1.82) is 0 Å². The lowest BCUT2D eigenvalue weighted by Crippen LogP contribution is -2.34. The Morgan fingerprint density at radius 2 is 1.85 bits per heavy atom. The van der Waals surface area contributed by atoms with Crippen molar-refractivity contribution in [1.82, 2.24) is 4.98 Å². The highest BCUT2D eigenvalue weighted by atomic mass is 16.7. The Balaban J connectivity index is 1.22. The zero-order valence-corrected chi connectivity index (χ0v) is 18.5. The molecule has 1 amide bonds. The molecular formula is C25H24N2O6. The van der Waals surface area contributed by atoms with E-state index >= 15 is 0 Å². The monoisotopic (exact) mass is 448 g/mol. The summed E-state index contributed by atoms with van der Waals surface area (Å²) in [5.41, 5.74) is 2.11. The van der Waals surface area contributed by atoms with Gasteiger partial charge in [-0.1, -0.05) is 0 Å². The van der Waals surface area contributed by atoms with Crippen LogP contribution in [0.15, 0.2) is 42.5 Å². The topological polar surface area (TPSA) is 96.0 Å². The number of pyridine rings is 1. The number of anilines is 1. The van der Waals surface area contributed by atoms with E-state index in [2.05, 4.69) is 10.3 Å². The fourth-order valence-corrected chi connectivity index (χ4v) is 4.28. The lowest BCUT2D eigenvalue weighted by atomic mass is 10.1. The third-order valence-electron chi connectivity index (χ3n) is 5.95. The van der Waals surface area contributed by atoms with E-state index in [0.29, 0.717) is 34.2 Å². The van der Waals surface area contributed by atoms with Crippen molar-refractivity contribution in [2.24, 2.45) is 0 Å². The summed E-state index contributed by atoms with van der Waals surface area (Å²) in [4.78, 5) is 29.4. The summed E-state index contributed by atoms with van der Waals surface area (Å²) < 4.78 is 22.5. The third-order valence-corrected chi connectivity index (χ3v) is 5.95. The molecule has 170 valence electrons. The molecule has 1 saturated carbocycles. The smallest absolute Gasteiger partial charge is 0.340 e. The average Bonchev–Trinajstić information content (AvgIpc) is 3.41. The molecule has 1 aromatic heterocycles. The molecule has 1 aliphatic carbocycles. The molecular weight excluding hydrogens is 424 g/mol. The molecule has 5 rings (SSSR count). The molecule has 1 spiro atoms. The molecule has 2 heterocycles. The predicted molar refractivity (Wildman–Crippen MR) is 121 cm³/mol. The first-order valence-electron chi connectivity index (χ1n) is 10.9. The number of amides is 1. The first kappa shape index (κ1) is 21.1. The van der Waals surface area contributed by atoms with Crippen LogP contribution in [0.3, 0.4) is 0 Å². The number of carbonyl (C=O) groups excluding carboxylic acids is 2. The van der Waals surface area contributed by atoms with E-state index < -0.39 is 24.3 Å². The maximum atomic E-state index is 12.6. The molecule has 1 fully saturated rings. The highest BCUT2D eigenvalue weighted by Crippen LogP contribution is 2.47. The summed E-state index contributed by atoms with van der Waals surface area (Å²) in [6.45, 7) is 1.30. The Morgan fingerprint density at radius 3 is 2.64 bits per heavy atom. The second-order valence-electron chi connectivity index (χ2n) is 8.29. The van der Waals surface area contributed by atoms with Gasteiger partial charge in [-0.2, -0.15) is 0 Å². The zero-order chi connectivity index (χ0) is 23.0. The lowest BCUT2D eigenvalue weighted by molar-refractivity contribution is -0.119. The van der Waals surface area contributed by atoms with Crippen LogP contribution < -0.4 is 19.5 Å². The number of aromatic nitrogens is 1. The normalized spacial score (nSPS) is 15.6. The standard InChI is InChI=1S/C25H24N2O6/c1-15-19(12-16-11-18(30-2)6-7-20(16)26-15)24(29)31-14-23(28)27-17-5-8-21-22(13-17)33-25(32-21)9-3-4-10-25/h5-8,11-13H,3-4,9-10,14H2,1-2H3,(H,27,28).